The largest absolute Gasteiger partial charge is 0.243 e. The second-order valence-corrected chi connectivity index (χ2v) is 14.1. The third kappa shape index (κ3) is 10.1. The molecule has 0 unspecified atom stereocenters. The van der Waals surface area contributed by atoms with E-state index in [0.717, 1.165) is 64.2 Å². The lowest BCUT2D eigenvalue weighted by atomic mass is 10.1. The zero-order chi connectivity index (χ0) is 28.2. The molecule has 214 valence electrons. The average molecular weight is 606 g/mol. The van der Waals surface area contributed by atoms with Crippen LogP contribution in [0.15, 0.2) is 46.2 Å². The summed E-state index contributed by atoms with van der Waals surface area (Å²) < 4.78 is 54.5. The van der Waals surface area contributed by atoms with Gasteiger partial charge in [0, 0.05) is 34.3 Å². The molecule has 0 amide bonds. The Morgan fingerprint density at radius 3 is 1.47 bits per heavy atom. The fraction of sp³-hybridized carbons (Fsp3) is 0.571. The van der Waals surface area contributed by atoms with Crippen LogP contribution in [0.3, 0.4) is 0 Å². The summed E-state index contributed by atoms with van der Waals surface area (Å²) in [6, 6.07) is 8.70. The minimum Gasteiger partial charge on any atom is -0.225 e. The first-order valence-corrected chi connectivity index (χ1v) is 17.4. The van der Waals surface area contributed by atoms with Gasteiger partial charge in [0.2, 0.25) is 20.0 Å². The van der Waals surface area contributed by atoms with Crippen molar-refractivity contribution in [3.8, 4) is 11.1 Å². The molecule has 0 aliphatic carbocycles. The molecule has 0 atom stereocenters. The highest BCUT2D eigenvalue weighted by Crippen LogP contribution is 2.36. The number of primary sulfonamides is 1. The van der Waals surface area contributed by atoms with E-state index in [2.05, 4.69) is 13.8 Å². The minimum atomic E-state index is -4.17. The van der Waals surface area contributed by atoms with Crippen LogP contribution in [0.1, 0.15) is 90.9 Å². The topological polar surface area (TPSA) is 97.5 Å². The molecule has 0 heterocycles. The molecule has 0 bridgehead atoms. The number of nitrogens with zero attached hydrogens (tertiary/aromatic N) is 1. The molecule has 0 saturated carbocycles. The number of halogens is 2. The second-order valence-electron chi connectivity index (χ2n) is 9.77. The first kappa shape index (κ1) is 33.0. The normalized spacial score (nSPS) is 12.4. The number of nitrogens with two attached hydrogens (primary N) is 1. The highest BCUT2D eigenvalue weighted by atomic mass is 35.5. The average Bonchev–Trinajstić information content (AvgIpc) is 2.86. The molecule has 10 heteroatoms. The van der Waals surface area contributed by atoms with Crippen molar-refractivity contribution in [3.05, 3.63) is 46.4 Å². The molecule has 6 nitrogen and oxygen atoms in total. The molecule has 2 aromatic rings. The van der Waals surface area contributed by atoms with E-state index in [9.17, 15) is 16.8 Å². The Kier molecular flexibility index (Phi) is 14.1. The molecule has 0 spiro atoms. The van der Waals surface area contributed by atoms with Gasteiger partial charge in [-0.25, -0.2) is 22.0 Å². The third-order valence-electron chi connectivity index (χ3n) is 6.62. The fourth-order valence-corrected chi connectivity index (χ4v) is 7.51. The maximum absolute atomic E-state index is 14.1. The molecule has 0 radical (unpaired) electrons. The Bertz CT molecular complexity index is 1220. The molecule has 2 rings (SSSR count). The first-order valence-electron chi connectivity index (χ1n) is 13.6. The van der Waals surface area contributed by atoms with E-state index >= 15 is 0 Å². The van der Waals surface area contributed by atoms with Crippen molar-refractivity contribution in [1.29, 1.82) is 0 Å². The Morgan fingerprint density at radius 2 is 1.03 bits per heavy atom. The maximum atomic E-state index is 14.1. The summed E-state index contributed by atoms with van der Waals surface area (Å²) in [7, 11) is -8.16. The smallest absolute Gasteiger partial charge is 0.225 e. The molecule has 2 N–H and O–H groups in total. The highest BCUT2D eigenvalue weighted by molar-refractivity contribution is 7.89. The predicted molar refractivity (Wildman–Crippen MR) is 159 cm³/mol. The number of hydrogen-bond donors (Lipinski definition) is 1. The Labute approximate surface area is 240 Å². The van der Waals surface area contributed by atoms with E-state index in [1.54, 1.807) is 6.07 Å². The van der Waals surface area contributed by atoms with E-state index in [1.807, 2.05) is 0 Å². The number of sulfonamides is 2. The molecule has 0 aliphatic heterocycles. The van der Waals surface area contributed by atoms with Crippen molar-refractivity contribution in [3.63, 3.8) is 0 Å². The number of rotatable bonds is 18. The summed E-state index contributed by atoms with van der Waals surface area (Å²) in [4.78, 5) is -0.267. The van der Waals surface area contributed by atoms with Gasteiger partial charge in [-0.1, -0.05) is 113 Å². The summed E-state index contributed by atoms with van der Waals surface area (Å²) in [6.07, 6.45) is 12.5. The van der Waals surface area contributed by atoms with Crippen LogP contribution >= 0.6 is 23.2 Å². The van der Waals surface area contributed by atoms with Crippen LogP contribution in [0.4, 0.5) is 0 Å². The van der Waals surface area contributed by atoms with Gasteiger partial charge in [0.15, 0.2) is 0 Å². The van der Waals surface area contributed by atoms with Crippen LogP contribution in [0.25, 0.3) is 11.1 Å². The van der Waals surface area contributed by atoms with Crippen LogP contribution in [0, 0.1) is 0 Å². The predicted octanol–water partition coefficient (Wildman–Crippen LogP) is 8.02. The molecule has 0 aromatic heterocycles. The lowest BCUT2D eigenvalue weighted by Gasteiger charge is -2.24. The lowest BCUT2D eigenvalue weighted by Crippen LogP contribution is -2.33. The number of unbranched alkanes of at least 4 members (excludes halogenated alkanes) is 10. The van der Waals surface area contributed by atoms with E-state index in [0.29, 0.717) is 13.1 Å². The monoisotopic (exact) mass is 604 g/mol. The zero-order valence-electron chi connectivity index (χ0n) is 22.6. The van der Waals surface area contributed by atoms with Crippen molar-refractivity contribution in [1.82, 2.24) is 4.31 Å². The number of hydrogen-bond acceptors (Lipinski definition) is 4. The molecule has 0 aliphatic rings. The van der Waals surface area contributed by atoms with Crippen LogP contribution in [0.5, 0.6) is 0 Å². The van der Waals surface area contributed by atoms with Gasteiger partial charge in [-0.05, 0) is 37.1 Å². The quantitative estimate of drug-likeness (QED) is 0.174. The molecule has 0 saturated heterocycles. The van der Waals surface area contributed by atoms with Crippen LogP contribution in [-0.2, 0) is 20.0 Å². The van der Waals surface area contributed by atoms with Crippen molar-refractivity contribution < 1.29 is 16.8 Å². The standard InChI is InChI=1S/C28H42Cl2N2O4S2/c1-3-5-7-9-11-13-19-32(20-14-12-10-8-6-4-2)38(35,36)28-22-24(30)16-18-26(28)25-17-15-23(29)21-27(25)37(31,33)34/h15-18,21-22H,3-14,19-20H2,1-2H3,(H2,31,33,34). The fourth-order valence-electron chi connectivity index (χ4n) is 4.51. The van der Waals surface area contributed by atoms with Crippen molar-refractivity contribution in [2.45, 2.75) is 101 Å². The summed E-state index contributed by atoms with van der Waals surface area (Å²) in [5.41, 5.74) is 0.400. The lowest BCUT2D eigenvalue weighted by molar-refractivity contribution is 0.383. The highest BCUT2D eigenvalue weighted by Gasteiger charge is 2.29. The maximum Gasteiger partial charge on any atom is 0.243 e. The van der Waals surface area contributed by atoms with Gasteiger partial charge in [-0.3, -0.25) is 0 Å². The Balaban J connectivity index is 2.43. The molecule has 0 fully saturated rings. The molecular weight excluding hydrogens is 563 g/mol. The van der Waals surface area contributed by atoms with Gasteiger partial charge in [-0.15, -0.1) is 0 Å². The summed E-state index contributed by atoms with van der Waals surface area (Å²) in [5.74, 6) is 0. The third-order valence-corrected chi connectivity index (χ3v) is 9.98. The van der Waals surface area contributed by atoms with Gasteiger partial charge in [0.1, 0.15) is 0 Å². The SMILES string of the molecule is CCCCCCCCN(CCCCCCCC)S(=O)(=O)c1cc(Cl)ccc1-c1ccc(Cl)cc1S(N)(=O)=O. The summed E-state index contributed by atoms with van der Waals surface area (Å²) >= 11 is 12.3. The van der Waals surface area contributed by atoms with Gasteiger partial charge in [-0.2, -0.15) is 4.31 Å². The summed E-state index contributed by atoms with van der Waals surface area (Å²) in [6.45, 7) is 5.13. The van der Waals surface area contributed by atoms with Crippen LogP contribution in [-0.4, -0.2) is 34.2 Å². The van der Waals surface area contributed by atoms with E-state index in [-0.39, 0.29) is 31.0 Å². The van der Waals surface area contributed by atoms with Crippen molar-refractivity contribution in [2.24, 2.45) is 5.14 Å². The van der Waals surface area contributed by atoms with Gasteiger partial charge < -0.3 is 0 Å². The first-order chi connectivity index (χ1) is 18.0. The van der Waals surface area contributed by atoms with Gasteiger partial charge >= 0.3 is 0 Å². The van der Waals surface area contributed by atoms with E-state index < -0.39 is 20.0 Å². The second kappa shape index (κ2) is 16.2. The van der Waals surface area contributed by atoms with E-state index in [1.165, 1.54) is 47.5 Å². The van der Waals surface area contributed by atoms with Crippen LogP contribution < -0.4 is 5.14 Å². The summed E-state index contributed by atoms with van der Waals surface area (Å²) in [5, 5.41) is 5.90. The molecule has 38 heavy (non-hydrogen) atoms. The van der Waals surface area contributed by atoms with Crippen molar-refractivity contribution >= 4 is 43.2 Å². The molecule has 2 aromatic carbocycles. The van der Waals surface area contributed by atoms with Gasteiger partial charge in [0.05, 0.1) is 9.79 Å². The van der Waals surface area contributed by atoms with Crippen molar-refractivity contribution in [2.75, 3.05) is 13.1 Å². The minimum absolute atomic E-state index is 0.0332. The Hall–Kier alpha value is -1.16. The van der Waals surface area contributed by atoms with Gasteiger partial charge in [0.25, 0.3) is 0 Å². The zero-order valence-corrected chi connectivity index (χ0v) is 25.7. The van der Waals surface area contributed by atoms with Crippen LogP contribution in [0.2, 0.25) is 10.0 Å². The Morgan fingerprint density at radius 1 is 0.632 bits per heavy atom. The number of benzene rings is 2. The van der Waals surface area contributed by atoms with E-state index in [4.69, 9.17) is 28.3 Å². The molecular formula is C28H42Cl2N2O4S2.